The molecule has 3 atom stereocenters. The summed E-state index contributed by atoms with van der Waals surface area (Å²) in [5, 5.41) is 0. The minimum atomic E-state index is -0.817. The Morgan fingerprint density at radius 2 is 1.57 bits per heavy atom. The fourth-order valence-corrected chi connectivity index (χ4v) is 4.59. The van der Waals surface area contributed by atoms with Crippen molar-refractivity contribution in [3.05, 3.63) is 96.1 Å². The zero-order chi connectivity index (χ0) is 19.3. The van der Waals surface area contributed by atoms with Crippen LogP contribution in [0.1, 0.15) is 17.2 Å². The molecule has 4 nitrogen and oxygen atoms in total. The van der Waals surface area contributed by atoms with E-state index >= 15 is 0 Å². The maximum Gasteiger partial charge on any atom is 0.218 e. The van der Waals surface area contributed by atoms with Crippen molar-refractivity contribution in [2.45, 2.75) is 21.9 Å². The van der Waals surface area contributed by atoms with Gasteiger partial charge < -0.3 is 9.47 Å². The quantitative estimate of drug-likeness (QED) is 0.643. The average molecular weight is 391 g/mol. The van der Waals surface area contributed by atoms with Crippen LogP contribution in [0.15, 0.2) is 99.7 Å². The molecule has 0 aliphatic carbocycles. The third-order valence-electron chi connectivity index (χ3n) is 4.65. The fraction of sp³-hybridized carbons (Fsp3) is 0.174. The van der Waals surface area contributed by atoms with E-state index in [0.29, 0.717) is 12.5 Å². The number of hydrogen-bond acceptors (Lipinski definition) is 4. The highest BCUT2D eigenvalue weighted by atomic mass is 32.2. The van der Waals surface area contributed by atoms with Gasteiger partial charge in [-0.15, -0.1) is 0 Å². The molecule has 0 saturated heterocycles. The van der Waals surface area contributed by atoms with Gasteiger partial charge in [0.1, 0.15) is 6.04 Å². The molecule has 3 aromatic carbocycles. The summed E-state index contributed by atoms with van der Waals surface area (Å²) >= 11 is 0. The summed E-state index contributed by atoms with van der Waals surface area (Å²) in [5.41, 5.74) is 1.96. The Morgan fingerprint density at radius 3 is 2.29 bits per heavy atom. The minimum absolute atomic E-state index is 0.111. The van der Waals surface area contributed by atoms with E-state index in [1.807, 2.05) is 72.8 Å². The van der Waals surface area contributed by atoms with Gasteiger partial charge in [0.25, 0.3) is 0 Å². The number of rotatable bonds is 6. The highest BCUT2D eigenvalue weighted by molar-refractivity contribution is 7.86. The molecule has 1 aliphatic rings. The van der Waals surface area contributed by atoms with Crippen LogP contribution in [0.4, 0.5) is 0 Å². The van der Waals surface area contributed by atoms with E-state index in [4.69, 9.17) is 19.2 Å². The Bertz CT molecular complexity index is 990. The first-order valence-electron chi connectivity index (χ1n) is 9.16. The van der Waals surface area contributed by atoms with Crippen LogP contribution in [0.25, 0.3) is 0 Å². The number of hydrogen-bond donors (Lipinski definition) is 1. The number of nitrogens with zero attached hydrogens (tertiary/aromatic N) is 1. The van der Waals surface area contributed by atoms with Crippen LogP contribution in [0.2, 0.25) is 0 Å². The first-order valence-corrected chi connectivity index (χ1v) is 10.4. The van der Waals surface area contributed by atoms with Gasteiger partial charge in [0, 0.05) is 16.9 Å². The van der Waals surface area contributed by atoms with Crippen molar-refractivity contribution in [3.63, 3.8) is 0 Å². The number of ether oxygens (including phenoxy) is 2. The highest BCUT2D eigenvalue weighted by Crippen LogP contribution is 2.33. The Balaban J connectivity index is 1.70. The van der Waals surface area contributed by atoms with Gasteiger partial charge in [0.15, 0.2) is 6.10 Å². The predicted octanol–water partition coefficient (Wildman–Crippen LogP) is 5.02. The van der Waals surface area contributed by atoms with E-state index in [9.17, 15) is 0 Å². The van der Waals surface area contributed by atoms with E-state index in [0.717, 1.165) is 20.9 Å². The van der Waals surface area contributed by atoms with E-state index in [1.54, 1.807) is 7.11 Å². The van der Waals surface area contributed by atoms with Crippen LogP contribution >= 0.6 is 0 Å². The molecular formula is C23H22N2O2S. The van der Waals surface area contributed by atoms with Gasteiger partial charge in [-0.05, 0) is 40.5 Å². The predicted molar refractivity (Wildman–Crippen MR) is 112 cm³/mol. The van der Waals surface area contributed by atoms with Gasteiger partial charge in [0.05, 0.1) is 12.2 Å². The lowest BCUT2D eigenvalue weighted by atomic mass is 10.0. The van der Waals surface area contributed by atoms with Gasteiger partial charge in [-0.25, -0.2) is 4.99 Å². The standard InChI is InChI=1S/C23H22N2O2S/c1-26-16-20-22(17-10-4-2-5-11-17)27-23(25-20)19-14-8-9-15-21(19)28(24)18-12-6-3-7-13-18/h2-15,20,22,24H,16H2,1H3/t20-,22-,28-/m0/s1. The average Bonchev–Trinajstić information content (AvgIpc) is 3.18. The summed E-state index contributed by atoms with van der Waals surface area (Å²) in [6.07, 6.45) is -0.187. The smallest absolute Gasteiger partial charge is 0.218 e. The first-order chi connectivity index (χ1) is 13.8. The number of methoxy groups -OCH3 is 1. The second-order valence-corrected chi connectivity index (χ2v) is 8.05. The Hall–Kier alpha value is -2.76. The molecule has 0 aromatic heterocycles. The van der Waals surface area contributed by atoms with Gasteiger partial charge in [-0.1, -0.05) is 60.7 Å². The van der Waals surface area contributed by atoms with Crippen LogP contribution in [0, 0.1) is 4.78 Å². The lowest BCUT2D eigenvalue weighted by Crippen LogP contribution is -2.19. The molecule has 0 unspecified atom stereocenters. The van der Waals surface area contributed by atoms with Crippen LogP contribution in [0.5, 0.6) is 0 Å². The Labute approximate surface area is 167 Å². The topological polar surface area (TPSA) is 54.7 Å². The second kappa shape index (κ2) is 8.50. The van der Waals surface area contributed by atoms with Gasteiger partial charge in [-0.2, -0.15) is 0 Å². The second-order valence-electron chi connectivity index (χ2n) is 6.52. The van der Waals surface area contributed by atoms with Gasteiger partial charge >= 0.3 is 0 Å². The molecule has 1 heterocycles. The molecule has 0 fully saturated rings. The zero-order valence-electron chi connectivity index (χ0n) is 15.6. The monoisotopic (exact) mass is 390 g/mol. The largest absolute Gasteiger partial charge is 0.467 e. The summed E-state index contributed by atoms with van der Waals surface area (Å²) in [6, 6.07) is 27.8. The lowest BCUT2D eigenvalue weighted by Gasteiger charge is -2.18. The summed E-state index contributed by atoms with van der Waals surface area (Å²) < 4.78 is 20.5. The van der Waals surface area contributed by atoms with Crippen molar-refractivity contribution in [1.29, 1.82) is 4.78 Å². The first kappa shape index (κ1) is 18.6. The summed E-state index contributed by atoms with van der Waals surface area (Å²) in [4.78, 5) is 6.72. The Kier molecular flexibility index (Phi) is 5.65. The molecule has 1 aliphatic heterocycles. The van der Waals surface area contributed by atoms with Crippen LogP contribution in [0.3, 0.4) is 0 Å². The lowest BCUT2D eigenvalue weighted by molar-refractivity contribution is 0.120. The van der Waals surface area contributed by atoms with Crippen molar-refractivity contribution >= 4 is 16.6 Å². The third kappa shape index (κ3) is 3.77. The molecule has 0 bridgehead atoms. The van der Waals surface area contributed by atoms with Crippen molar-refractivity contribution in [2.75, 3.05) is 13.7 Å². The molecule has 3 aromatic rings. The van der Waals surface area contributed by atoms with E-state index in [1.165, 1.54) is 0 Å². The molecule has 142 valence electrons. The minimum Gasteiger partial charge on any atom is -0.467 e. The maximum absolute atomic E-state index is 8.80. The molecule has 0 amide bonds. The molecule has 0 radical (unpaired) electrons. The van der Waals surface area contributed by atoms with Gasteiger partial charge in [-0.3, -0.25) is 4.78 Å². The third-order valence-corrected chi connectivity index (χ3v) is 6.19. The SMILES string of the molecule is COC[C@@H]1N=C(c2ccccc2[S@@](=N)c2ccccc2)O[C@H]1c1ccccc1. The van der Waals surface area contributed by atoms with E-state index < -0.39 is 10.7 Å². The van der Waals surface area contributed by atoms with Crippen molar-refractivity contribution < 1.29 is 9.47 Å². The van der Waals surface area contributed by atoms with Gasteiger partial charge in [0.2, 0.25) is 5.90 Å². The number of nitrogens with one attached hydrogen (secondary N) is 1. The Morgan fingerprint density at radius 1 is 0.929 bits per heavy atom. The van der Waals surface area contributed by atoms with Crippen molar-refractivity contribution in [3.8, 4) is 0 Å². The maximum atomic E-state index is 8.80. The molecule has 1 N–H and O–H groups in total. The fourth-order valence-electron chi connectivity index (χ4n) is 3.31. The van der Waals surface area contributed by atoms with Crippen LogP contribution < -0.4 is 0 Å². The molecule has 0 spiro atoms. The van der Waals surface area contributed by atoms with Crippen LogP contribution in [-0.2, 0) is 20.2 Å². The normalized spacial score (nSPS) is 19.7. The molecule has 5 heteroatoms. The summed E-state index contributed by atoms with van der Waals surface area (Å²) in [5.74, 6) is 0.590. The summed E-state index contributed by atoms with van der Waals surface area (Å²) in [6.45, 7) is 0.483. The zero-order valence-corrected chi connectivity index (χ0v) is 16.4. The van der Waals surface area contributed by atoms with Crippen molar-refractivity contribution in [2.24, 2.45) is 4.99 Å². The van der Waals surface area contributed by atoms with Crippen molar-refractivity contribution in [1.82, 2.24) is 0 Å². The molecular weight excluding hydrogens is 368 g/mol. The van der Waals surface area contributed by atoms with E-state index in [-0.39, 0.29) is 12.1 Å². The van der Waals surface area contributed by atoms with E-state index in [2.05, 4.69) is 12.1 Å². The number of benzene rings is 3. The van der Waals surface area contributed by atoms with Crippen LogP contribution in [-0.4, -0.2) is 25.7 Å². The molecule has 0 saturated carbocycles. The highest BCUT2D eigenvalue weighted by Gasteiger charge is 2.33. The molecule has 28 heavy (non-hydrogen) atoms. The number of aliphatic imine (C=N–C) groups is 1. The summed E-state index contributed by atoms with van der Waals surface area (Å²) in [7, 11) is 0.864. The molecule has 4 rings (SSSR count).